The molecule has 3 N–H and O–H groups in total. The van der Waals surface area contributed by atoms with Crippen LogP contribution in [0.1, 0.15) is 32.0 Å². The number of likely N-dealkylation sites (tertiary alicyclic amines) is 1. The molecule has 1 atom stereocenters. The first kappa shape index (κ1) is 15.0. The van der Waals surface area contributed by atoms with E-state index in [1.54, 1.807) is 6.07 Å². The zero-order valence-electron chi connectivity index (χ0n) is 12.4. The summed E-state index contributed by atoms with van der Waals surface area (Å²) >= 11 is 0. The first-order chi connectivity index (χ1) is 9.69. The number of anilines is 2. The van der Waals surface area contributed by atoms with E-state index in [1.807, 2.05) is 6.92 Å². The molecule has 0 spiro atoms. The van der Waals surface area contributed by atoms with Crippen LogP contribution in [0, 0.1) is 0 Å². The molecule has 1 aromatic rings. The molecule has 0 radical (unpaired) electrons. The van der Waals surface area contributed by atoms with Crippen molar-refractivity contribution >= 4 is 11.6 Å². The fourth-order valence-corrected chi connectivity index (χ4v) is 2.49. The summed E-state index contributed by atoms with van der Waals surface area (Å²) in [6.45, 7) is 5.06. The number of nitrogens with zero attached hydrogens (tertiary/aromatic N) is 3. The van der Waals surface area contributed by atoms with Crippen LogP contribution in [0.5, 0.6) is 0 Å². The number of likely N-dealkylation sites (N-methyl/N-ethyl adjacent to an activating group) is 1. The standard InChI is InChI=1S/C14H25N5O/c1-3-20-10-14-17-12(15)8-13(18-14)16-9-11-6-4-5-7-19(11)2/h8,11H,3-7,9-10H2,1-2H3,(H3,15,16,17,18). The Morgan fingerprint density at radius 3 is 3.05 bits per heavy atom. The summed E-state index contributed by atoms with van der Waals surface area (Å²) in [6, 6.07) is 2.34. The molecule has 0 amide bonds. The van der Waals surface area contributed by atoms with Gasteiger partial charge in [0.1, 0.15) is 18.2 Å². The summed E-state index contributed by atoms with van der Waals surface area (Å²) in [5.41, 5.74) is 5.81. The van der Waals surface area contributed by atoms with Crippen molar-refractivity contribution in [3.05, 3.63) is 11.9 Å². The van der Waals surface area contributed by atoms with Crippen molar-refractivity contribution in [1.29, 1.82) is 0 Å². The first-order valence-electron chi connectivity index (χ1n) is 7.34. The topological polar surface area (TPSA) is 76.3 Å². The number of rotatable bonds is 6. The number of ether oxygens (including phenoxy) is 1. The minimum Gasteiger partial charge on any atom is -0.384 e. The number of nitrogens with two attached hydrogens (primary N) is 1. The molecular weight excluding hydrogens is 254 g/mol. The Bertz CT molecular complexity index is 426. The lowest BCUT2D eigenvalue weighted by Crippen LogP contribution is -2.40. The largest absolute Gasteiger partial charge is 0.384 e. The van der Waals surface area contributed by atoms with Crippen LogP contribution in [0.25, 0.3) is 0 Å². The van der Waals surface area contributed by atoms with E-state index in [9.17, 15) is 0 Å². The number of piperidine rings is 1. The highest BCUT2D eigenvalue weighted by Crippen LogP contribution is 2.16. The molecule has 1 fully saturated rings. The third-order valence-electron chi connectivity index (χ3n) is 3.67. The zero-order valence-corrected chi connectivity index (χ0v) is 12.4. The lowest BCUT2D eigenvalue weighted by Gasteiger charge is -2.32. The van der Waals surface area contributed by atoms with Crippen molar-refractivity contribution in [3.63, 3.8) is 0 Å². The van der Waals surface area contributed by atoms with Gasteiger partial charge < -0.3 is 20.7 Å². The summed E-state index contributed by atoms with van der Waals surface area (Å²) in [6.07, 6.45) is 3.83. The van der Waals surface area contributed by atoms with Crippen molar-refractivity contribution in [1.82, 2.24) is 14.9 Å². The number of hydrogen-bond donors (Lipinski definition) is 2. The Labute approximate surface area is 120 Å². The molecule has 1 saturated heterocycles. The van der Waals surface area contributed by atoms with E-state index in [0.29, 0.717) is 30.9 Å². The van der Waals surface area contributed by atoms with Gasteiger partial charge in [-0.2, -0.15) is 0 Å². The van der Waals surface area contributed by atoms with E-state index in [4.69, 9.17) is 10.5 Å². The third kappa shape index (κ3) is 4.31. The molecule has 0 bridgehead atoms. The minimum absolute atomic E-state index is 0.402. The van der Waals surface area contributed by atoms with Crippen LogP contribution in [0.15, 0.2) is 6.07 Å². The van der Waals surface area contributed by atoms with Gasteiger partial charge in [-0.1, -0.05) is 6.42 Å². The van der Waals surface area contributed by atoms with Gasteiger partial charge >= 0.3 is 0 Å². The van der Waals surface area contributed by atoms with Crippen LogP contribution >= 0.6 is 0 Å². The molecule has 1 unspecified atom stereocenters. The second-order valence-corrected chi connectivity index (χ2v) is 5.24. The molecule has 0 aliphatic carbocycles. The monoisotopic (exact) mass is 279 g/mol. The van der Waals surface area contributed by atoms with Crippen LogP contribution in [0.4, 0.5) is 11.6 Å². The minimum atomic E-state index is 0.402. The van der Waals surface area contributed by atoms with Crippen LogP contribution in [-0.4, -0.2) is 47.7 Å². The fraction of sp³-hybridized carbons (Fsp3) is 0.714. The normalized spacial score (nSPS) is 20.0. The van der Waals surface area contributed by atoms with E-state index in [0.717, 1.165) is 12.4 Å². The summed E-state index contributed by atoms with van der Waals surface area (Å²) in [5.74, 6) is 1.90. The van der Waals surface area contributed by atoms with Crippen LogP contribution in [-0.2, 0) is 11.3 Å². The van der Waals surface area contributed by atoms with Crippen molar-refractivity contribution in [2.24, 2.45) is 0 Å². The van der Waals surface area contributed by atoms with Crippen LogP contribution in [0.3, 0.4) is 0 Å². The molecule has 6 nitrogen and oxygen atoms in total. The number of nitrogen functional groups attached to an aromatic ring is 1. The van der Waals surface area contributed by atoms with E-state index >= 15 is 0 Å². The molecule has 20 heavy (non-hydrogen) atoms. The molecule has 0 aromatic carbocycles. The summed E-state index contributed by atoms with van der Waals surface area (Å²) in [4.78, 5) is 11.0. The zero-order chi connectivity index (χ0) is 14.4. The summed E-state index contributed by atoms with van der Waals surface area (Å²) in [7, 11) is 2.18. The van der Waals surface area contributed by atoms with Gasteiger partial charge in [-0.25, -0.2) is 9.97 Å². The predicted molar refractivity (Wildman–Crippen MR) is 80.5 cm³/mol. The average molecular weight is 279 g/mol. The average Bonchev–Trinajstić information content (AvgIpc) is 2.44. The number of nitrogens with one attached hydrogen (secondary N) is 1. The van der Waals surface area contributed by atoms with E-state index in [-0.39, 0.29) is 0 Å². The SMILES string of the molecule is CCOCc1nc(N)cc(NCC2CCCCN2C)n1. The Morgan fingerprint density at radius 1 is 1.45 bits per heavy atom. The quantitative estimate of drug-likeness (QED) is 0.821. The Hall–Kier alpha value is -1.40. The Kier molecular flexibility index (Phi) is 5.55. The summed E-state index contributed by atoms with van der Waals surface area (Å²) < 4.78 is 5.32. The molecule has 2 heterocycles. The summed E-state index contributed by atoms with van der Waals surface area (Å²) in [5, 5.41) is 3.37. The maximum absolute atomic E-state index is 5.81. The molecule has 112 valence electrons. The maximum Gasteiger partial charge on any atom is 0.158 e. The van der Waals surface area contributed by atoms with E-state index in [2.05, 4.69) is 27.2 Å². The maximum atomic E-state index is 5.81. The van der Waals surface area contributed by atoms with Gasteiger partial charge in [0, 0.05) is 25.3 Å². The van der Waals surface area contributed by atoms with Gasteiger partial charge in [0.25, 0.3) is 0 Å². The molecule has 1 aliphatic rings. The van der Waals surface area contributed by atoms with Gasteiger partial charge in [0.2, 0.25) is 0 Å². The second-order valence-electron chi connectivity index (χ2n) is 5.24. The lowest BCUT2D eigenvalue weighted by molar-refractivity contribution is 0.128. The Balaban J connectivity index is 1.92. The van der Waals surface area contributed by atoms with Gasteiger partial charge in [-0.3, -0.25) is 0 Å². The van der Waals surface area contributed by atoms with Gasteiger partial charge in [0.05, 0.1) is 0 Å². The molecule has 0 saturated carbocycles. The number of aromatic nitrogens is 2. The van der Waals surface area contributed by atoms with E-state index in [1.165, 1.54) is 25.8 Å². The van der Waals surface area contributed by atoms with Gasteiger partial charge in [0.15, 0.2) is 5.82 Å². The fourth-order valence-electron chi connectivity index (χ4n) is 2.49. The van der Waals surface area contributed by atoms with Crippen molar-refractivity contribution in [3.8, 4) is 0 Å². The van der Waals surface area contributed by atoms with Gasteiger partial charge in [-0.05, 0) is 33.4 Å². The highest BCUT2D eigenvalue weighted by Gasteiger charge is 2.18. The van der Waals surface area contributed by atoms with Crippen molar-refractivity contribution in [2.45, 2.75) is 38.8 Å². The molecule has 1 aromatic heterocycles. The lowest BCUT2D eigenvalue weighted by atomic mass is 10.0. The number of hydrogen-bond acceptors (Lipinski definition) is 6. The van der Waals surface area contributed by atoms with E-state index < -0.39 is 0 Å². The molecular formula is C14H25N5O. The first-order valence-corrected chi connectivity index (χ1v) is 7.34. The third-order valence-corrected chi connectivity index (χ3v) is 3.67. The second kappa shape index (κ2) is 7.40. The molecule has 6 heteroatoms. The van der Waals surface area contributed by atoms with Crippen molar-refractivity contribution < 1.29 is 4.74 Å². The predicted octanol–water partition coefficient (Wildman–Crippen LogP) is 1.49. The highest BCUT2D eigenvalue weighted by atomic mass is 16.5. The molecule has 2 rings (SSSR count). The molecule has 1 aliphatic heterocycles. The Morgan fingerprint density at radius 2 is 2.30 bits per heavy atom. The van der Waals surface area contributed by atoms with Crippen LogP contribution < -0.4 is 11.1 Å². The smallest absolute Gasteiger partial charge is 0.158 e. The van der Waals surface area contributed by atoms with Crippen LogP contribution in [0.2, 0.25) is 0 Å². The van der Waals surface area contributed by atoms with Crippen molar-refractivity contribution in [2.75, 3.05) is 37.8 Å². The highest BCUT2D eigenvalue weighted by molar-refractivity contribution is 5.44. The van der Waals surface area contributed by atoms with Gasteiger partial charge in [-0.15, -0.1) is 0 Å².